The number of hydrogen-bond donors (Lipinski definition) is 1. The molecule has 18 heavy (non-hydrogen) atoms. The lowest BCUT2D eigenvalue weighted by Crippen LogP contribution is -2.40. The van der Waals surface area contributed by atoms with Gasteiger partial charge in [-0.2, -0.15) is 0 Å². The SMILES string of the molecule is CCN(CC(C)C(=O)O)C1Cc2ccccc2C1. The van der Waals surface area contributed by atoms with Crippen molar-refractivity contribution < 1.29 is 9.90 Å². The minimum absolute atomic E-state index is 0.298. The highest BCUT2D eigenvalue weighted by Gasteiger charge is 2.27. The highest BCUT2D eigenvalue weighted by molar-refractivity contribution is 5.69. The third kappa shape index (κ3) is 2.72. The van der Waals surface area contributed by atoms with E-state index in [0.717, 1.165) is 19.4 Å². The largest absolute Gasteiger partial charge is 0.481 e. The fraction of sp³-hybridized carbons (Fsp3) is 0.533. The molecule has 1 aliphatic carbocycles. The molecule has 1 atom stereocenters. The number of aliphatic carboxylic acids is 1. The van der Waals surface area contributed by atoms with Gasteiger partial charge in [-0.15, -0.1) is 0 Å². The molecular formula is C15H21NO2. The maximum Gasteiger partial charge on any atom is 0.307 e. The van der Waals surface area contributed by atoms with Gasteiger partial charge in [-0.3, -0.25) is 9.69 Å². The average Bonchev–Trinajstić information content (AvgIpc) is 2.78. The summed E-state index contributed by atoms with van der Waals surface area (Å²) in [6.45, 7) is 5.45. The zero-order chi connectivity index (χ0) is 13.1. The smallest absolute Gasteiger partial charge is 0.307 e. The Balaban J connectivity index is 2.02. The Morgan fingerprint density at radius 3 is 2.39 bits per heavy atom. The second-order valence-corrected chi connectivity index (χ2v) is 5.16. The molecule has 1 aromatic rings. The van der Waals surface area contributed by atoms with E-state index in [1.54, 1.807) is 6.92 Å². The highest BCUT2D eigenvalue weighted by atomic mass is 16.4. The molecule has 1 aromatic carbocycles. The quantitative estimate of drug-likeness (QED) is 0.867. The lowest BCUT2D eigenvalue weighted by molar-refractivity contribution is -0.141. The van der Waals surface area contributed by atoms with Crippen molar-refractivity contribution in [3.05, 3.63) is 35.4 Å². The van der Waals surface area contributed by atoms with Crippen LogP contribution in [0.2, 0.25) is 0 Å². The van der Waals surface area contributed by atoms with Crippen LogP contribution in [0.3, 0.4) is 0 Å². The van der Waals surface area contributed by atoms with E-state index >= 15 is 0 Å². The average molecular weight is 247 g/mol. The van der Waals surface area contributed by atoms with E-state index in [2.05, 4.69) is 36.1 Å². The maximum atomic E-state index is 11.0. The maximum absolute atomic E-state index is 11.0. The summed E-state index contributed by atoms with van der Waals surface area (Å²) in [6.07, 6.45) is 2.10. The fourth-order valence-corrected chi connectivity index (χ4v) is 2.76. The Morgan fingerprint density at radius 1 is 1.39 bits per heavy atom. The molecule has 0 heterocycles. The number of rotatable bonds is 5. The minimum Gasteiger partial charge on any atom is -0.481 e. The summed E-state index contributed by atoms with van der Waals surface area (Å²) >= 11 is 0. The van der Waals surface area contributed by atoms with Crippen LogP contribution in [0.1, 0.15) is 25.0 Å². The molecule has 0 saturated carbocycles. The van der Waals surface area contributed by atoms with Crippen LogP contribution in [0.15, 0.2) is 24.3 Å². The van der Waals surface area contributed by atoms with E-state index in [1.807, 2.05) is 0 Å². The van der Waals surface area contributed by atoms with Gasteiger partial charge in [-0.05, 0) is 30.5 Å². The molecule has 3 heteroatoms. The van der Waals surface area contributed by atoms with Gasteiger partial charge in [0.25, 0.3) is 0 Å². The van der Waals surface area contributed by atoms with Gasteiger partial charge in [0.05, 0.1) is 5.92 Å². The first-order valence-corrected chi connectivity index (χ1v) is 6.65. The highest BCUT2D eigenvalue weighted by Crippen LogP contribution is 2.25. The minimum atomic E-state index is -0.705. The number of benzene rings is 1. The molecule has 1 N–H and O–H groups in total. The Labute approximate surface area is 108 Å². The number of carboxylic acid groups (broad SMARTS) is 1. The van der Waals surface area contributed by atoms with Gasteiger partial charge in [0.15, 0.2) is 0 Å². The molecule has 0 spiro atoms. The monoisotopic (exact) mass is 247 g/mol. The van der Waals surface area contributed by atoms with Gasteiger partial charge >= 0.3 is 5.97 Å². The van der Waals surface area contributed by atoms with Crippen molar-refractivity contribution in [2.24, 2.45) is 5.92 Å². The molecule has 3 nitrogen and oxygen atoms in total. The Bertz CT molecular complexity index is 405. The molecule has 0 amide bonds. The molecule has 0 radical (unpaired) electrons. The van der Waals surface area contributed by atoms with Crippen LogP contribution in [-0.2, 0) is 17.6 Å². The van der Waals surface area contributed by atoms with Gasteiger partial charge in [0.2, 0.25) is 0 Å². The third-order valence-electron chi connectivity index (χ3n) is 3.88. The molecule has 0 bridgehead atoms. The van der Waals surface area contributed by atoms with Crippen LogP contribution in [0.25, 0.3) is 0 Å². The number of fused-ring (bicyclic) bond motifs is 1. The van der Waals surface area contributed by atoms with Crippen LogP contribution in [0.5, 0.6) is 0 Å². The summed E-state index contributed by atoms with van der Waals surface area (Å²) in [7, 11) is 0. The fourth-order valence-electron chi connectivity index (χ4n) is 2.76. The van der Waals surface area contributed by atoms with E-state index in [4.69, 9.17) is 5.11 Å². The van der Waals surface area contributed by atoms with Crippen LogP contribution in [0.4, 0.5) is 0 Å². The molecule has 1 unspecified atom stereocenters. The van der Waals surface area contributed by atoms with E-state index in [0.29, 0.717) is 12.6 Å². The Hall–Kier alpha value is -1.35. The normalized spacial score (nSPS) is 16.8. The van der Waals surface area contributed by atoms with Crippen molar-refractivity contribution in [1.82, 2.24) is 4.90 Å². The van der Waals surface area contributed by atoms with Crippen LogP contribution in [0, 0.1) is 5.92 Å². The number of hydrogen-bond acceptors (Lipinski definition) is 2. The van der Waals surface area contributed by atoms with E-state index in [9.17, 15) is 4.79 Å². The van der Waals surface area contributed by atoms with E-state index < -0.39 is 5.97 Å². The summed E-state index contributed by atoms with van der Waals surface area (Å²) < 4.78 is 0. The molecule has 98 valence electrons. The summed E-state index contributed by atoms with van der Waals surface area (Å²) in [5.41, 5.74) is 2.84. The molecule has 0 fully saturated rings. The van der Waals surface area contributed by atoms with Crippen molar-refractivity contribution in [3.8, 4) is 0 Å². The zero-order valence-corrected chi connectivity index (χ0v) is 11.1. The first-order valence-electron chi connectivity index (χ1n) is 6.65. The predicted molar refractivity (Wildman–Crippen MR) is 71.7 cm³/mol. The summed E-state index contributed by atoms with van der Waals surface area (Å²) in [5, 5.41) is 9.02. The predicted octanol–water partition coefficient (Wildman–Crippen LogP) is 2.20. The van der Waals surface area contributed by atoms with E-state index in [1.165, 1.54) is 11.1 Å². The zero-order valence-electron chi connectivity index (χ0n) is 11.1. The second-order valence-electron chi connectivity index (χ2n) is 5.16. The van der Waals surface area contributed by atoms with Crippen LogP contribution < -0.4 is 0 Å². The van der Waals surface area contributed by atoms with Crippen molar-refractivity contribution in [3.63, 3.8) is 0 Å². The lowest BCUT2D eigenvalue weighted by atomic mass is 10.1. The van der Waals surface area contributed by atoms with Crippen LogP contribution >= 0.6 is 0 Å². The first kappa shape index (κ1) is 13.1. The van der Waals surface area contributed by atoms with Crippen molar-refractivity contribution in [2.75, 3.05) is 13.1 Å². The number of carbonyl (C=O) groups is 1. The molecule has 0 saturated heterocycles. The van der Waals surface area contributed by atoms with Crippen LogP contribution in [-0.4, -0.2) is 35.1 Å². The second kappa shape index (κ2) is 5.53. The topological polar surface area (TPSA) is 40.5 Å². The van der Waals surface area contributed by atoms with Crippen molar-refractivity contribution >= 4 is 5.97 Å². The first-order chi connectivity index (χ1) is 8.61. The number of likely N-dealkylation sites (N-methyl/N-ethyl adjacent to an activating group) is 1. The van der Waals surface area contributed by atoms with Gasteiger partial charge < -0.3 is 5.11 Å². The van der Waals surface area contributed by atoms with E-state index in [-0.39, 0.29) is 5.92 Å². The standard InChI is InChI=1S/C15H21NO2/c1-3-16(10-11(2)15(17)18)14-8-12-6-4-5-7-13(12)9-14/h4-7,11,14H,3,8-10H2,1-2H3,(H,17,18). The molecule has 2 rings (SSSR count). The number of carboxylic acids is 1. The summed E-state index contributed by atoms with van der Waals surface area (Å²) in [6, 6.07) is 9.00. The Morgan fingerprint density at radius 2 is 1.94 bits per heavy atom. The molecule has 0 aromatic heterocycles. The lowest BCUT2D eigenvalue weighted by Gasteiger charge is -2.28. The van der Waals surface area contributed by atoms with Gasteiger partial charge in [0.1, 0.15) is 0 Å². The van der Waals surface area contributed by atoms with Gasteiger partial charge in [-0.25, -0.2) is 0 Å². The van der Waals surface area contributed by atoms with Gasteiger partial charge in [0, 0.05) is 12.6 Å². The third-order valence-corrected chi connectivity index (χ3v) is 3.88. The van der Waals surface area contributed by atoms with Crippen molar-refractivity contribution in [1.29, 1.82) is 0 Å². The molecule has 0 aliphatic heterocycles. The van der Waals surface area contributed by atoms with Crippen molar-refractivity contribution in [2.45, 2.75) is 32.7 Å². The Kier molecular flexibility index (Phi) is 4.02. The van der Waals surface area contributed by atoms with Gasteiger partial charge in [-0.1, -0.05) is 38.1 Å². The summed E-state index contributed by atoms with van der Waals surface area (Å²) in [5.74, 6) is -1.00. The number of nitrogens with zero attached hydrogens (tertiary/aromatic N) is 1. The summed E-state index contributed by atoms with van der Waals surface area (Å²) in [4.78, 5) is 13.3. The molecular weight excluding hydrogens is 226 g/mol. The molecule has 1 aliphatic rings.